The quantitative estimate of drug-likeness (QED) is 0.633. The third-order valence-corrected chi connectivity index (χ3v) is 6.71. The van der Waals surface area contributed by atoms with Gasteiger partial charge in [0, 0.05) is 11.3 Å². The van der Waals surface area contributed by atoms with Crippen molar-refractivity contribution in [1.29, 1.82) is 0 Å². The smallest absolute Gasteiger partial charge is 0.194 e. The van der Waals surface area contributed by atoms with Crippen LogP contribution in [-0.2, 0) is 9.84 Å². The highest BCUT2D eigenvalue weighted by molar-refractivity contribution is 9.12. The summed E-state index contributed by atoms with van der Waals surface area (Å²) in [6, 6.07) is 6.96. The second kappa shape index (κ2) is 4.90. The second-order valence-corrected chi connectivity index (χ2v) is 8.70. The van der Waals surface area contributed by atoms with Gasteiger partial charge in [0.25, 0.3) is 0 Å². The van der Waals surface area contributed by atoms with E-state index in [2.05, 4.69) is 15.9 Å². The van der Waals surface area contributed by atoms with Gasteiger partial charge in [-0.15, -0.1) is 0 Å². The number of sulfone groups is 1. The Morgan fingerprint density at radius 2 is 1.88 bits per heavy atom. The first-order valence-corrected chi connectivity index (χ1v) is 7.70. The summed E-state index contributed by atoms with van der Waals surface area (Å²) in [5.74, 6) is -0.496. The third-order valence-electron chi connectivity index (χ3n) is 2.76. The zero-order chi connectivity index (χ0) is 13.3. The van der Waals surface area contributed by atoms with Crippen molar-refractivity contribution in [2.45, 2.75) is 24.4 Å². The number of rotatable bonds is 4. The molecular weight excluding hydrogens is 304 g/mol. The van der Waals surface area contributed by atoms with Gasteiger partial charge in [-0.1, -0.05) is 47.1 Å². The Bertz CT molecular complexity index is 532. The highest BCUT2D eigenvalue weighted by atomic mass is 79.9. The van der Waals surface area contributed by atoms with E-state index in [4.69, 9.17) is 0 Å². The van der Waals surface area contributed by atoms with Gasteiger partial charge in [0.2, 0.25) is 0 Å². The molecule has 0 bridgehead atoms. The largest absolute Gasteiger partial charge is 0.291 e. The van der Waals surface area contributed by atoms with E-state index < -0.39 is 19.3 Å². The van der Waals surface area contributed by atoms with E-state index in [9.17, 15) is 13.2 Å². The molecule has 17 heavy (non-hydrogen) atoms. The summed E-state index contributed by atoms with van der Waals surface area (Å²) in [7, 11) is -3.49. The maximum Gasteiger partial charge on any atom is 0.194 e. The predicted molar refractivity (Wildman–Crippen MR) is 72.3 cm³/mol. The van der Waals surface area contributed by atoms with Crippen molar-refractivity contribution in [2.24, 2.45) is 0 Å². The van der Waals surface area contributed by atoms with Crippen LogP contribution in [0.25, 0.3) is 0 Å². The highest BCUT2D eigenvalue weighted by Gasteiger charge is 2.43. The molecule has 0 saturated heterocycles. The van der Waals surface area contributed by atoms with Crippen LogP contribution in [0.3, 0.4) is 0 Å². The second-order valence-electron chi connectivity index (χ2n) is 3.96. The van der Waals surface area contributed by atoms with Gasteiger partial charge in [0.1, 0.15) is 0 Å². The number of halogens is 1. The van der Waals surface area contributed by atoms with E-state index in [-0.39, 0.29) is 5.75 Å². The average molecular weight is 319 g/mol. The number of carbonyl (C=O) groups is 1. The molecule has 1 aromatic carbocycles. The van der Waals surface area contributed by atoms with Gasteiger partial charge < -0.3 is 0 Å². The summed E-state index contributed by atoms with van der Waals surface area (Å²) >= 11 is 3.06. The summed E-state index contributed by atoms with van der Waals surface area (Å²) < 4.78 is 22.2. The van der Waals surface area contributed by atoms with E-state index in [0.29, 0.717) is 5.56 Å². The Balaban J connectivity index is 3.28. The zero-order valence-corrected chi connectivity index (χ0v) is 12.4. The minimum Gasteiger partial charge on any atom is -0.291 e. The number of hydrogen-bond donors (Lipinski definition) is 0. The lowest BCUT2D eigenvalue weighted by Gasteiger charge is -2.21. The molecule has 0 radical (unpaired) electrons. The van der Waals surface area contributed by atoms with Crippen molar-refractivity contribution >= 4 is 31.6 Å². The first-order valence-electron chi connectivity index (χ1n) is 5.25. The molecule has 0 amide bonds. The molecule has 0 N–H and O–H groups in total. The first-order chi connectivity index (χ1) is 7.74. The summed E-state index contributed by atoms with van der Waals surface area (Å²) in [5, 5.41) is 0. The Morgan fingerprint density at radius 1 is 1.35 bits per heavy atom. The lowest BCUT2D eigenvalue weighted by atomic mass is 10.0. The number of carbonyl (C=O) groups excluding carboxylic acids is 1. The molecule has 0 spiro atoms. The number of aryl methyl sites for hydroxylation is 1. The van der Waals surface area contributed by atoms with E-state index in [1.54, 1.807) is 25.1 Å². The van der Waals surface area contributed by atoms with Crippen molar-refractivity contribution in [1.82, 2.24) is 0 Å². The molecule has 1 aromatic rings. The van der Waals surface area contributed by atoms with Crippen LogP contribution in [0.1, 0.15) is 29.8 Å². The van der Waals surface area contributed by atoms with Crippen LogP contribution in [0.5, 0.6) is 0 Å². The van der Waals surface area contributed by atoms with E-state index >= 15 is 0 Å². The SMILES string of the molecule is CCS(=O)(=O)C(C)(Br)C(=O)c1ccccc1C. The number of ketones is 1. The molecule has 0 fully saturated rings. The molecule has 5 heteroatoms. The minimum absolute atomic E-state index is 0.0770. The van der Waals surface area contributed by atoms with E-state index in [1.807, 2.05) is 6.07 Å². The Labute approximate surface area is 110 Å². The molecule has 0 aliphatic carbocycles. The summed E-state index contributed by atoms with van der Waals surface area (Å²) in [6.07, 6.45) is 0. The van der Waals surface area contributed by atoms with Crippen molar-refractivity contribution in [3.8, 4) is 0 Å². The fraction of sp³-hybridized carbons (Fsp3) is 0.417. The maximum atomic E-state index is 12.3. The van der Waals surface area contributed by atoms with Crippen LogP contribution >= 0.6 is 15.9 Å². The van der Waals surface area contributed by atoms with Crippen molar-refractivity contribution < 1.29 is 13.2 Å². The summed E-state index contributed by atoms with van der Waals surface area (Å²) in [4.78, 5) is 12.3. The summed E-state index contributed by atoms with van der Waals surface area (Å²) in [5.41, 5.74) is 1.21. The van der Waals surface area contributed by atoms with Crippen LogP contribution in [0, 0.1) is 6.92 Å². The fourth-order valence-electron chi connectivity index (χ4n) is 1.48. The molecule has 0 aliphatic heterocycles. The van der Waals surface area contributed by atoms with Crippen LogP contribution in [0.4, 0.5) is 0 Å². The number of Topliss-reactive ketones (excluding diaryl/α,β-unsaturated/α-hetero) is 1. The topological polar surface area (TPSA) is 51.2 Å². The Morgan fingerprint density at radius 3 is 2.35 bits per heavy atom. The van der Waals surface area contributed by atoms with Gasteiger partial charge in [-0.3, -0.25) is 4.79 Å². The van der Waals surface area contributed by atoms with Crippen LogP contribution < -0.4 is 0 Å². The zero-order valence-electron chi connectivity index (χ0n) is 10.0. The first kappa shape index (κ1) is 14.4. The molecule has 3 nitrogen and oxygen atoms in total. The Hall–Kier alpha value is -0.680. The van der Waals surface area contributed by atoms with Gasteiger partial charge in [-0.2, -0.15) is 0 Å². The lowest BCUT2D eigenvalue weighted by molar-refractivity contribution is 0.0982. The third kappa shape index (κ3) is 2.60. The Kier molecular flexibility index (Phi) is 4.15. The van der Waals surface area contributed by atoms with E-state index in [0.717, 1.165) is 5.56 Å². The van der Waals surface area contributed by atoms with Gasteiger partial charge in [-0.05, 0) is 19.4 Å². The highest BCUT2D eigenvalue weighted by Crippen LogP contribution is 2.31. The normalized spacial score (nSPS) is 15.3. The maximum absolute atomic E-state index is 12.3. The van der Waals surface area contributed by atoms with Crippen molar-refractivity contribution in [2.75, 3.05) is 5.75 Å². The molecule has 1 unspecified atom stereocenters. The van der Waals surface area contributed by atoms with Crippen LogP contribution in [-0.4, -0.2) is 23.6 Å². The van der Waals surface area contributed by atoms with Gasteiger partial charge >= 0.3 is 0 Å². The van der Waals surface area contributed by atoms with E-state index in [1.165, 1.54) is 13.8 Å². The standard InChI is InChI=1S/C12H15BrO3S/c1-4-17(15,16)12(3,13)11(14)10-8-6-5-7-9(10)2/h5-8H,4H2,1-3H3. The monoisotopic (exact) mass is 318 g/mol. The number of hydrogen-bond acceptors (Lipinski definition) is 3. The molecule has 0 heterocycles. The van der Waals surface area contributed by atoms with Crippen LogP contribution in [0.15, 0.2) is 24.3 Å². The molecule has 0 aliphatic rings. The van der Waals surface area contributed by atoms with Gasteiger partial charge in [0.05, 0.1) is 0 Å². The van der Waals surface area contributed by atoms with Gasteiger partial charge in [0.15, 0.2) is 19.3 Å². The lowest BCUT2D eigenvalue weighted by Crippen LogP contribution is -2.39. The predicted octanol–water partition coefficient (Wildman–Crippen LogP) is 2.72. The van der Waals surface area contributed by atoms with Crippen LogP contribution in [0.2, 0.25) is 0 Å². The molecule has 0 saturated carbocycles. The molecule has 94 valence electrons. The molecule has 1 rings (SSSR count). The number of alkyl halides is 1. The molecule has 0 aromatic heterocycles. The minimum atomic E-state index is -3.49. The number of benzene rings is 1. The van der Waals surface area contributed by atoms with Crippen molar-refractivity contribution in [3.05, 3.63) is 35.4 Å². The molecule has 1 atom stereocenters. The average Bonchev–Trinajstić information content (AvgIpc) is 2.28. The van der Waals surface area contributed by atoms with Gasteiger partial charge in [-0.25, -0.2) is 8.42 Å². The van der Waals surface area contributed by atoms with Crippen molar-refractivity contribution in [3.63, 3.8) is 0 Å². The fourth-order valence-corrected chi connectivity index (χ4v) is 3.32. The molecular formula is C12H15BrO3S. The summed E-state index contributed by atoms with van der Waals surface area (Å²) in [6.45, 7) is 4.70.